The third-order valence-corrected chi connectivity index (χ3v) is 3.74. The second kappa shape index (κ2) is 10.1. The van der Waals surface area contributed by atoms with E-state index in [1.807, 2.05) is 0 Å². The van der Waals surface area contributed by atoms with E-state index in [0.29, 0.717) is 11.6 Å². The zero-order chi connectivity index (χ0) is 21.8. The molecule has 0 saturated carbocycles. The molecule has 2 rings (SSSR count). The Hall–Kier alpha value is -2.43. The number of hydrogen-bond donors (Lipinski definition) is 0. The van der Waals surface area contributed by atoms with Gasteiger partial charge in [0.2, 0.25) is 0 Å². The summed E-state index contributed by atoms with van der Waals surface area (Å²) < 4.78 is 37.5. The minimum Gasteiger partial charge on any atom is -0.594 e. The molecule has 0 bridgehead atoms. The molecule has 1 aromatic carbocycles. The van der Waals surface area contributed by atoms with Gasteiger partial charge in [0.25, 0.3) is 0 Å². The summed E-state index contributed by atoms with van der Waals surface area (Å²) in [4.78, 5) is 20.6. The first-order valence-electron chi connectivity index (χ1n) is 8.93. The van der Waals surface area contributed by atoms with E-state index in [1.54, 1.807) is 32.9 Å². The van der Waals surface area contributed by atoms with Gasteiger partial charge in [-0.3, -0.25) is 4.79 Å². The second-order valence-corrected chi connectivity index (χ2v) is 7.87. The molecule has 0 saturated heterocycles. The smallest absolute Gasteiger partial charge is 0.594 e. The van der Waals surface area contributed by atoms with E-state index >= 15 is 0 Å². The van der Waals surface area contributed by atoms with Crippen molar-refractivity contribution < 1.29 is 47.0 Å². The molecular formula is C21H23F2LiN2O4. The molecule has 0 unspecified atom stereocenters. The number of benzene rings is 1. The summed E-state index contributed by atoms with van der Waals surface area (Å²) in [7, 11) is 0. The molecule has 0 atom stereocenters. The number of halogens is 2. The van der Waals surface area contributed by atoms with Gasteiger partial charge in [-0.05, 0) is 32.0 Å². The fourth-order valence-electron chi connectivity index (χ4n) is 2.32. The van der Waals surface area contributed by atoms with Gasteiger partial charge in [0, 0.05) is 29.8 Å². The van der Waals surface area contributed by atoms with Crippen molar-refractivity contribution in [3.63, 3.8) is 0 Å². The Morgan fingerprint density at radius 2 is 1.83 bits per heavy atom. The largest absolute Gasteiger partial charge is 1.00 e. The molecule has 9 heteroatoms. The summed E-state index contributed by atoms with van der Waals surface area (Å²) in [6, 6.07) is 6.03. The van der Waals surface area contributed by atoms with Crippen molar-refractivity contribution in [1.29, 1.82) is 0 Å². The molecule has 0 aliphatic carbocycles. The number of ether oxygens (including phenoxy) is 2. The van der Waals surface area contributed by atoms with Crippen LogP contribution in [0.5, 0.6) is 5.75 Å². The quantitative estimate of drug-likeness (QED) is 0.392. The average molecular weight is 412 g/mol. The van der Waals surface area contributed by atoms with E-state index in [0.717, 1.165) is 12.1 Å². The Morgan fingerprint density at radius 3 is 2.43 bits per heavy atom. The zero-order valence-corrected chi connectivity index (χ0v) is 18.0. The number of nitrogens with zero attached hydrogens (tertiary/aromatic N) is 2. The Balaban J connectivity index is 0.00000450. The Labute approximate surface area is 186 Å². The second-order valence-electron chi connectivity index (χ2n) is 7.87. The van der Waals surface area contributed by atoms with Crippen molar-refractivity contribution >= 4 is 17.7 Å². The maximum Gasteiger partial charge on any atom is 1.00 e. The molecule has 30 heavy (non-hydrogen) atoms. The van der Waals surface area contributed by atoms with Gasteiger partial charge in [-0.25, -0.2) is 18.8 Å². The van der Waals surface area contributed by atoms with Crippen molar-refractivity contribution in [2.24, 2.45) is 4.99 Å². The maximum absolute atomic E-state index is 13.9. The third kappa shape index (κ3) is 7.43. The molecule has 1 aromatic heterocycles. The standard InChI is InChI=1S/C21H24F2N2O4.Li/c1-20(2,3)29-19(27)25-18-13(7-6-10-24-18)11-17(26)21(4,5)28-16-9-8-14(22)12-15(16)23;/h6-10,12H,11H2,1-5H3,(H,24,25,27);/q;+1/p-1. The van der Waals surface area contributed by atoms with E-state index in [4.69, 9.17) is 9.47 Å². The molecule has 0 fully saturated rings. The van der Waals surface area contributed by atoms with Crippen molar-refractivity contribution in [3.8, 4) is 5.75 Å². The predicted octanol–water partition coefficient (Wildman–Crippen LogP) is 0.496. The van der Waals surface area contributed by atoms with E-state index in [1.165, 1.54) is 20.0 Å². The minimum absolute atomic E-state index is 0. The zero-order valence-electron chi connectivity index (χ0n) is 18.0. The summed E-state index contributed by atoms with van der Waals surface area (Å²) in [6.07, 6.45) is 0.451. The number of aromatic nitrogens is 1. The fourth-order valence-corrected chi connectivity index (χ4v) is 2.32. The molecule has 0 aliphatic rings. The summed E-state index contributed by atoms with van der Waals surface area (Å²) in [6.45, 7) is 8.06. The van der Waals surface area contributed by atoms with Crippen LogP contribution >= 0.6 is 0 Å². The van der Waals surface area contributed by atoms with Gasteiger partial charge in [0.1, 0.15) is 5.82 Å². The SMILES string of the molecule is CC(C)(C)OC([O-])=Nc1ncccc1CC(=O)C(C)(C)Oc1ccc(F)cc1F.[Li+]. The van der Waals surface area contributed by atoms with Crippen molar-refractivity contribution in [2.45, 2.75) is 52.2 Å². The minimum atomic E-state index is -1.42. The number of hydrogen-bond acceptors (Lipinski definition) is 6. The first-order chi connectivity index (χ1) is 13.4. The van der Waals surface area contributed by atoms with Crippen LogP contribution in [0.3, 0.4) is 0 Å². The van der Waals surface area contributed by atoms with Crippen molar-refractivity contribution in [1.82, 2.24) is 4.98 Å². The van der Waals surface area contributed by atoms with Crippen LogP contribution in [0.25, 0.3) is 0 Å². The van der Waals surface area contributed by atoms with Crippen LogP contribution in [0.1, 0.15) is 40.2 Å². The number of aliphatic imine (C=N–C) groups is 1. The fraction of sp³-hybridized carbons (Fsp3) is 0.381. The molecule has 0 spiro atoms. The van der Waals surface area contributed by atoms with E-state index in [9.17, 15) is 18.7 Å². The Bertz CT molecular complexity index is 927. The molecule has 1 heterocycles. The first-order valence-corrected chi connectivity index (χ1v) is 8.93. The number of rotatable bonds is 6. The summed E-state index contributed by atoms with van der Waals surface area (Å²) in [5.41, 5.74) is -1.75. The van der Waals surface area contributed by atoms with Crippen LogP contribution in [0, 0.1) is 11.6 Å². The van der Waals surface area contributed by atoms with Gasteiger partial charge < -0.3 is 14.6 Å². The molecular weight excluding hydrogens is 389 g/mol. The normalized spacial score (nSPS) is 12.2. The number of carbonyl (C=O) groups is 1. The molecule has 0 radical (unpaired) electrons. The van der Waals surface area contributed by atoms with Crippen molar-refractivity contribution in [2.75, 3.05) is 0 Å². The predicted molar refractivity (Wildman–Crippen MR) is 102 cm³/mol. The van der Waals surface area contributed by atoms with E-state index in [2.05, 4.69) is 9.98 Å². The van der Waals surface area contributed by atoms with Crippen LogP contribution in [-0.2, 0) is 16.0 Å². The van der Waals surface area contributed by atoms with E-state index in [-0.39, 0.29) is 36.8 Å². The molecule has 2 aromatic rings. The Kier molecular flexibility index (Phi) is 8.58. The van der Waals surface area contributed by atoms with Gasteiger partial charge in [-0.15, -0.1) is 0 Å². The van der Waals surface area contributed by atoms with E-state index < -0.39 is 34.7 Å². The average Bonchev–Trinajstić information content (AvgIpc) is 2.57. The topological polar surface area (TPSA) is 83.8 Å². The number of pyridine rings is 1. The van der Waals surface area contributed by atoms with Crippen LogP contribution in [0.15, 0.2) is 41.5 Å². The number of Topliss-reactive ketones (excluding diaryl/α,β-unsaturated/α-hetero) is 1. The monoisotopic (exact) mass is 412 g/mol. The van der Waals surface area contributed by atoms with Gasteiger partial charge in [0.05, 0.1) is 0 Å². The van der Waals surface area contributed by atoms with Crippen LogP contribution < -0.4 is 28.7 Å². The molecule has 0 aliphatic heterocycles. The van der Waals surface area contributed by atoms with Gasteiger partial charge in [0.15, 0.2) is 34.9 Å². The van der Waals surface area contributed by atoms with Gasteiger partial charge >= 0.3 is 18.9 Å². The van der Waals surface area contributed by atoms with Crippen molar-refractivity contribution in [3.05, 3.63) is 53.7 Å². The summed E-state index contributed by atoms with van der Waals surface area (Å²) in [5.74, 6) is -2.25. The van der Waals surface area contributed by atoms with Gasteiger partial charge in [-0.1, -0.05) is 26.8 Å². The van der Waals surface area contributed by atoms with Crippen LogP contribution in [0.4, 0.5) is 14.6 Å². The molecule has 6 nitrogen and oxygen atoms in total. The maximum atomic E-state index is 13.9. The number of ketones is 1. The Morgan fingerprint density at radius 1 is 1.17 bits per heavy atom. The summed E-state index contributed by atoms with van der Waals surface area (Å²) in [5, 5.41) is 12.0. The van der Waals surface area contributed by atoms with Crippen LogP contribution in [0.2, 0.25) is 0 Å². The third-order valence-electron chi connectivity index (χ3n) is 3.74. The van der Waals surface area contributed by atoms with Gasteiger partial charge in [-0.2, -0.15) is 0 Å². The molecule has 0 amide bonds. The van der Waals surface area contributed by atoms with Crippen LogP contribution in [-0.4, -0.2) is 28.1 Å². The first kappa shape index (κ1) is 25.6. The number of carbonyl (C=O) groups excluding carboxylic acids is 1. The molecule has 156 valence electrons. The molecule has 0 N–H and O–H groups in total. The summed E-state index contributed by atoms with van der Waals surface area (Å²) >= 11 is 0.